The number of likely N-dealkylation sites (N-methyl/N-ethyl adjacent to an activating group) is 1. The Bertz CT molecular complexity index is 1040. The zero-order chi connectivity index (χ0) is 42.6. The van der Waals surface area contributed by atoms with Crippen molar-refractivity contribution in [1.82, 2.24) is 5.32 Å². The van der Waals surface area contributed by atoms with Crippen molar-refractivity contribution >= 4 is 13.7 Å². The summed E-state index contributed by atoms with van der Waals surface area (Å²) < 4.78 is 89.2. The number of nitrogens with zero attached hydrogens (tertiary/aromatic N) is 1. The average Bonchev–Trinajstić information content (AvgIpc) is 3.09. The number of quaternary nitrogens is 1. The van der Waals surface area contributed by atoms with Crippen molar-refractivity contribution in [2.45, 2.75) is 187 Å². The zero-order valence-corrected chi connectivity index (χ0v) is 30.9. The Balaban J connectivity index is 5.16. The van der Waals surface area contributed by atoms with Crippen molar-refractivity contribution in [2.75, 3.05) is 40.7 Å². The van der Waals surface area contributed by atoms with Gasteiger partial charge in [0.25, 0.3) is 7.82 Å². The summed E-state index contributed by atoms with van der Waals surface area (Å²) in [6.45, 7) is -9.35. The number of unbranched alkanes of at least 4 members (excludes halogenated alkanes) is 22. The molecule has 0 rings (SSSR count). The number of phosphoric acid groups is 1. The minimum Gasteiger partial charge on any atom is -0.756 e. The third kappa shape index (κ3) is 33.5. The van der Waals surface area contributed by atoms with Crippen molar-refractivity contribution in [2.24, 2.45) is 0 Å². The summed E-state index contributed by atoms with van der Waals surface area (Å²) in [7, 11) is -5.28. The van der Waals surface area contributed by atoms with Gasteiger partial charge in [0.1, 0.15) is 13.2 Å². The number of rotatable bonds is 35. The fourth-order valence-corrected chi connectivity index (χ4v) is 6.15. The SMILES string of the molecule is [2H]C([2H])([2H])[N+](CCOP(=O)([O-])OC[C@H](NC(=O)CCCCCCCCCCCCCC)[C@H](O)/C=C/CCCCCCCCCCCCC)(C([2H])([2H])[2H])C([2H])([2H])[2H]. The van der Waals surface area contributed by atoms with E-state index in [9.17, 15) is 19.4 Å². The minimum atomic E-state index is -5.28. The van der Waals surface area contributed by atoms with Crippen LogP contribution in [0, 0.1) is 0 Å². The molecule has 9 heteroatoms. The highest BCUT2D eigenvalue weighted by molar-refractivity contribution is 7.45. The van der Waals surface area contributed by atoms with Crippen molar-refractivity contribution in [1.29, 1.82) is 0 Å². The van der Waals surface area contributed by atoms with Crippen LogP contribution in [0.5, 0.6) is 0 Å². The molecule has 0 heterocycles. The molecule has 0 saturated carbocycles. The molecule has 1 amide bonds. The Kier molecular flexibility index (Phi) is 21.4. The van der Waals surface area contributed by atoms with E-state index in [1.165, 1.54) is 102 Å². The van der Waals surface area contributed by atoms with E-state index in [1.54, 1.807) is 6.08 Å². The van der Waals surface area contributed by atoms with Gasteiger partial charge in [-0.1, -0.05) is 161 Å². The standard InChI is InChI=1S/C38H77N2O6P/c1-6-8-10-12-14-16-18-20-21-23-25-27-29-31-37(41)36(35-46-47(43,44)45-34-33-40(3,4)5)39-38(42)32-30-28-26-24-22-19-17-15-13-11-9-7-2/h29,31,36-37,41H,6-28,30,32-35H2,1-5H3,(H-,39,42,43,44)/b31-29+/t36-,37+/m0/s1/i3D3,4D3,5D3. The molecule has 8 nitrogen and oxygen atoms in total. The molecule has 47 heavy (non-hydrogen) atoms. The van der Waals surface area contributed by atoms with Crippen LogP contribution in [0.1, 0.15) is 187 Å². The van der Waals surface area contributed by atoms with Gasteiger partial charge in [0.2, 0.25) is 5.91 Å². The van der Waals surface area contributed by atoms with E-state index < -0.39 is 65.1 Å². The minimum absolute atomic E-state index is 0.175. The second-order valence-corrected chi connectivity index (χ2v) is 14.6. The smallest absolute Gasteiger partial charge is 0.268 e. The largest absolute Gasteiger partial charge is 0.756 e. The summed E-state index contributed by atoms with van der Waals surface area (Å²) in [4.78, 5) is 25.6. The number of phosphoric ester groups is 1. The van der Waals surface area contributed by atoms with Gasteiger partial charge in [0.05, 0.1) is 52.0 Å². The van der Waals surface area contributed by atoms with Crippen molar-refractivity contribution in [3.8, 4) is 0 Å². The number of hydrogen-bond acceptors (Lipinski definition) is 6. The van der Waals surface area contributed by atoms with Gasteiger partial charge < -0.3 is 28.8 Å². The summed E-state index contributed by atoms with van der Waals surface area (Å²) in [5, 5.41) is 13.6. The number of nitrogens with one attached hydrogen (secondary N) is 1. The Labute approximate surface area is 303 Å². The fourth-order valence-electron chi connectivity index (χ4n) is 5.43. The van der Waals surface area contributed by atoms with Crippen LogP contribution in [-0.2, 0) is 18.4 Å². The molecule has 0 spiro atoms. The molecule has 0 fully saturated rings. The number of aliphatic hydroxyl groups excluding tert-OH is 1. The molecule has 0 aromatic carbocycles. The van der Waals surface area contributed by atoms with E-state index in [1.807, 2.05) is 0 Å². The highest BCUT2D eigenvalue weighted by Crippen LogP contribution is 2.38. The third-order valence-corrected chi connectivity index (χ3v) is 9.38. The molecule has 0 aliphatic heterocycles. The highest BCUT2D eigenvalue weighted by Gasteiger charge is 2.23. The molecule has 0 bridgehead atoms. The van der Waals surface area contributed by atoms with Crippen LogP contribution in [0.3, 0.4) is 0 Å². The zero-order valence-electron chi connectivity index (χ0n) is 39.0. The Morgan fingerprint density at radius 1 is 0.766 bits per heavy atom. The number of carbonyl (C=O) groups is 1. The van der Waals surface area contributed by atoms with E-state index in [2.05, 4.69) is 19.2 Å². The lowest BCUT2D eigenvalue weighted by molar-refractivity contribution is -0.870. The number of aliphatic hydroxyl groups is 1. The average molecular weight is 698 g/mol. The number of allylic oxidation sites excluding steroid dienone is 1. The maximum absolute atomic E-state index is 12.9. The van der Waals surface area contributed by atoms with Crippen LogP contribution < -0.4 is 10.2 Å². The van der Waals surface area contributed by atoms with Crippen LogP contribution in [0.25, 0.3) is 0 Å². The molecule has 2 N–H and O–H groups in total. The molecule has 280 valence electrons. The topological polar surface area (TPSA) is 108 Å². The molecule has 3 atom stereocenters. The first-order chi connectivity index (χ1) is 26.3. The van der Waals surface area contributed by atoms with Gasteiger partial charge >= 0.3 is 0 Å². The first kappa shape index (κ1) is 32.2. The normalized spacial score (nSPS) is 18.4. The molecular formula is C38H77N2O6P. The summed E-state index contributed by atoms with van der Waals surface area (Å²) in [5.41, 5.74) is 0. The van der Waals surface area contributed by atoms with E-state index in [0.29, 0.717) is 12.8 Å². The second-order valence-electron chi connectivity index (χ2n) is 13.2. The van der Waals surface area contributed by atoms with Gasteiger partial charge in [0.15, 0.2) is 0 Å². The fraction of sp³-hybridized carbons (Fsp3) is 0.921. The molecule has 0 aromatic heterocycles. The van der Waals surface area contributed by atoms with E-state index in [0.717, 1.165) is 44.9 Å². The van der Waals surface area contributed by atoms with Crippen LogP contribution in [0.4, 0.5) is 0 Å². The van der Waals surface area contributed by atoms with Crippen LogP contribution >= 0.6 is 7.82 Å². The lowest BCUT2D eigenvalue weighted by Crippen LogP contribution is -2.45. The summed E-state index contributed by atoms with van der Waals surface area (Å²) in [6, 6.07) is -1.18. The lowest BCUT2D eigenvalue weighted by Gasteiger charge is -2.29. The molecule has 0 radical (unpaired) electrons. The molecule has 0 saturated heterocycles. The monoisotopic (exact) mass is 698 g/mol. The van der Waals surface area contributed by atoms with Crippen molar-refractivity contribution in [3.05, 3.63) is 12.2 Å². The third-order valence-electron chi connectivity index (χ3n) is 8.41. The second kappa shape index (κ2) is 31.2. The lowest BCUT2D eigenvalue weighted by atomic mass is 10.0. The Morgan fingerprint density at radius 3 is 1.68 bits per heavy atom. The summed E-state index contributed by atoms with van der Waals surface area (Å²) in [6.07, 6.45) is 29.7. The van der Waals surface area contributed by atoms with Gasteiger partial charge in [0, 0.05) is 6.42 Å². The number of amides is 1. The van der Waals surface area contributed by atoms with Gasteiger partial charge in [-0.3, -0.25) is 9.36 Å². The van der Waals surface area contributed by atoms with Gasteiger partial charge in [-0.25, -0.2) is 0 Å². The van der Waals surface area contributed by atoms with Gasteiger partial charge in [-0.2, -0.15) is 0 Å². The first-order valence-electron chi connectivity index (χ1n) is 23.4. The molecule has 0 aliphatic rings. The van der Waals surface area contributed by atoms with Crippen LogP contribution in [-0.4, -0.2) is 68.3 Å². The number of carbonyl (C=O) groups excluding carboxylic acids is 1. The predicted molar refractivity (Wildman–Crippen MR) is 196 cm³/mol. The predicted octanol–water partition coefficient (Wildman–Crippen LogP) is 9.39. The molecule has 0 aliphatic carbocycles. The molecule has 0 aromatic rings. The molecular weight excluding hydrogens is 611 g/mol. The summed E-state index contributed by atoms with van der Waals surface area (Å²) in [5.74, 6) is -0.389. The van der Waals surface area contributed by atoms with E-state index >= 15 is 0 Å². The van der Waals surface area contributed by atoms with E-state index in [4.69, 9.17) is 21.4 Å². The molecule has 1 unspecified atom stereocenters. The Hall–Kier alpha value is -0.760. The highest BCUT2D eigenvalue weighted by atomic mass is 31.2. The van der Waals surface area contributed by atoms with Crippen LogP contribution in [0.15, 0.2) is 12.2 Å². The first-order valence-corrected chi connectivity index (χ1v) is 20.3. The van der Waals surface area contributed by atoms with Crippen molar-refractivity contribution in [3.63, 3.8) is 0 Å². The Morgan fingerprint density at radius 2 is 1.21 bits per heavy atom. The maximum atomic E-state index is 12.9. The quantitative estimate of drug-likeness (QED) is 0.0296. The maximum Gasteiger partial charge on any atom is 0.268 e. The van der Waals surface area contributed by atoms with Gasteiger partial charge in [-0.15, -0.1) is 0 Å². The summed E-state index contributed by atoms with van der Waals surface area (Å²) >= 11 is 0. The van der Waals surface area contributed by atoms with E-state index in [-0.39, 0.29) is 12.3 Å². The number of hydrogen-bond donors (Lipinski definition) is 2. The van der Waals surface area contributed by atoms with Crippen molar-refractivity contribution < 1.29 is 45.2 Å². The van der Waals surface area contributed by atoms with Crippen LogP contribution in [0.2, 0.25) is 0 Å². The van der Waals surface area contributed by atoms with Gasteiger partial charge in [-0.05, 0) is 19.3 Å².